The molecule has 0 atom stereocenters. The average Bonchev–Trinajstić information content (AvgIpc) is 2.41. The van der Waals surface area contributed by atoms with Gasteiger partial charge in [-0.3, -0.25) is 14.9 Å². The Labute approximate surface area is 119 Å². The Kier molecular flexibility index (Phi) is 3.62. The zero-order chi connectivity index (χ0) is 14.9. The lowest BCUT2D eigenvalue weighted by molar-refractivity contribution is -0.384. The average molecular weight is 289 g/mol. The number of nitrogens with two attached hydrogens (primary N) is 1. The molecule has 1 heterocycles. The molecular weight excluding hydrogens is 278 g/mol. The first-order valence-electron chi connectivity index (χ1n) is 5.66. The number of rotatable bonds is 3. The third-order valence-electron chi connectivity index (χ3n) is 2.94. The molecule has 0 saturated heterocycles. The Morgan fingerprint density at radius 2 is 1.85 bits per heavy atom. The van der Waals surface area contributed by atoms with Crippen LogP contribution in [0, 0.1) is 10.1 Å². The van der Waals surface area contributed by atoms with Crippen molar-refractivity contribution in [3.63, 3.8) is 0 Å². The molecule has 0 aliphatic carbocycles. The van der Waals surface area contributed by atoms with E-state index in [1.54, 1.807) is 31.3 Å². The van der Waals surface area contributed by atoms with Crippen molar-refractivity contribution in [2.24, 2.45) is 12.8 Å². The van der Waals surface area contributed by atoms with Crippen LogP contribution in [0.1, 0.15) is 5.56 Å². The quantitative estimate of drug-likeness (QED) is 0.526. The number of non-ortho nitro benzene ring substituents is 1. The van der Waals surface area contributed by atoms with Gasteiger partial charge in [-0.2, -0.15) is 0 Å². The highest BCUT2D eigenvalue weighted by Gasteiger charge is 2.11. The van der Waals surface area contributed by atoms with Crippen LogP contribution in [-0.2, 0) is 7.05 Å². The van der Waals surface area contributed by atoms with Gasteiger partial charge in [-0.25, -0.2) is 0 Å². The monoisotopic (exact) mass is 289 g/mol. The lowest BCUT2D eigenvalue weighted by Crippen LogP contribution is -2.28. The summed E-state index contributed by atoms with van der Waals surface area (Å²) in [6.07, 6.45) is 0. The van der Waals surface area contributed by atoms with E-state index in [0.29, 0.717) is 11.3 Å². The topological polar surface area (TPSA) is 91.2 Å². The molecule has 0 unspecified atom stereocenters. The molecule has 0 aliphatic rings. The van der Waals surface area contributed by atoms with Crippen molar-refractivity contribution >= 4 is 22.9 Å². The Morgan fingerprint density at radius 1 is 1.25 bits per heavy atom. The highest BCUT2D eigenvalue weighted by molar-refractivity contribution is 7.80. The molecule has 2 rings (SSSR count). The maximum absolute atomic E-state index is 12.1. The molecule has 0 amide bonds. The second-order valence-corrected chi connectivity index (χ2v) is 4.60. The number of nitro benzene ring substituents is 1. The van der Waals surface area contributed by atoms with E-state index in [2.05, 4.69) is 0 Å². The van der Waals surface area contributed by atoms with E-state index in [1.165, 1.54) is 16.7 Å². The van der Waals surface area contributed by atoms with Crippen LogP contribution in [0.2, 0.25) is 0 Å². The van der Waals surface area contributed by atoms with Gasteiger partial charge in [0.2, 0.25) is 0 Å². The number of pyridine rings is 1. The molecule has 7 heteroatoms. The van der Waals surface area contributed by atoms with Crippen molar-refractivity contribution in [1.82, 2.24) is 4.57 Å². The molecule has 1 aromatic heterocycles. The van der Waals surface area contributed by atoms with E-state index in [1.807, 2.05) is 0 Å². The number of thiocarbonyl (C=S) groups is 1. The summed E-state index contributed by atoms with van der Waals surface area (Å²) in [5, 5.41) is 10.6. The molecule has 2 N–H and O–H groups in total. The first kappa shape index (κ1) is 13.9. The van der Waals surface area contributed by atoms with Gasteiger partial charge in [0.15, 0.2) is 0 Å². The van der Waals surface area contributed by atoms with Crippen molar-refractivity contribution in [1.29, 1.82) is 0 Å². The Hall–Kier alpha value is -2.54. The van der Waals surface area contributed by atoms with Crippen molar-refractivity contribution < 1.29 is 4.92 Å². The molecule has 1 aromatic carbocycles. The second kappa shape index (κ2) is 5.22. The van der Waals surface area contributed by atoms with Crippen LogP contribution in [0.15, 0.2) is 41.2 Å². The highest BCUT2D eigenvalue weighted by atomic mass is 32.1. The number of hydrogen-bond acceptors (Lipinski definition) is 4. The zero-order valence-corrected chi connectivity index (χ0v) is 11.4. The van der Waals surface area contributed by atoms with E-state index >= 15 is 0 Å². The molecule has 0 spiro atoms. The van der Waals surface area contributed by atoms with Gasteiger partial charge in [0.05, 0.1) is 16.2 Å². The molecule has 0 radical (unpaired) electrons. The van der Waals surface area contributed by atoms with Gasteiger partial charge in [-0.15, -0.1) is 0 Å². The summed E-state index contributed by atoms with van der Waals surface area (Å²) in [5.41, 5.74) is 6.77. The summed E-state index contributed by atoms with van der Waals surface area (Å²) < 4.78 is 1.41. The first-order valence-corrected chi connectivity index (χ1v) is 6.07. The van der Waals surface area contributed by atoms with Gasteiger partial charge >= 0.3 is 0 Å². The van der Waals surface area contributed by atoms with Crippen LogP contribution in [0.25, 0.3) is 11.3 Å². The molecule has 0 bridgehead atoms. The normalized spacial score (nSPS) is 10.2. The van der Waals surface area contributed by atoms with E-state index in [-0.39, 0.29) is 21.8 Å². The summed E-state index contributed by atoms with van der Waals surface area (Å²) in [4.78, 5) is 22.2. The molecule has 0 fully saturated rings. The SMILES string of the molecule is Cn1c(-c2ccc([N+](=O)[O-])cc2)ccc(C(N)=S)c1=O. The Morgan fingerprint density at radius 3 is 2.35 bits per heavy atom. The van der Waals surface area contributed by atoms with Gasteiger partial charge in [-0.05, 0) is 29.8 Å². The van der Waals surface area contributed by atoms with Crippen LogP contribution in [-0.4, -0.2) is 14.5 Å². The maximum Gasteiger partial charge on any atom is 0.269 e. The van der Waals surface area contributed by atoms with Gasteiger partial charge in [0.25, 0.3) is 11.2 Å². The summed E-state index contributed by atoms with van der Waals surface area (Å²) >= 11 is 4.80. The Bertz CT molecular complexity index is 750. The van der Waals surface area contributed by atoms with Crippen LogP contribution in [0.3, 0.4) is 0 Å². The Balaban J connectivity index is 2.54. The van der Waals surface area contributed by atoms with Gasteiger partial charge in [-0.1, -0.05) is 12.2 Å². The van der Waals surface area contributed by atoms with Crippen molar-refractivity contribution in [2.75, 3.05) is 0 Å². The summed E-state index contributed by atoms with van der Waals surface area (Å²) in [6, 6.07) is 9.22. The fourth-order valence-corrected chi connectivity index (χ4v) is 2.02. The minimum Gasteiger partial charge on any atom is -0.389 e. The molecule has 102 valence electrons. The van der Waals surface area contributed by atoms with Gasteiger partial charge in [0, 0.05) is 19.2 Å². The predicted molar refractivity (Wildman–Crippen MR) is 79.7 cm³/mol. The van der Waals surface area contributed by atoms with Gasteiger partial charge in [0.1, 0.15) is 4.99 Å². The fraction of sp³-hybridized carbons (Fsp3) is 0.0769. The third-order valence-corrected chi connectivity index (χ3v) is 3.16. The molecule has 2 aromatic rings. The maximum atomic E-state index is 12.1. The van der Waals surface area contributed by atoms with E-state index in [4.69, 9.17) is 18.0 Å². The van der Waals surface area contributed by atoms with Crippen LogP contribution < -0.4 is 11.3 Å². The fourth-order valence-electron chi connectivity index (χ4n) is 1.87. The summed E-state index contributed by atoms with van der Waals surface area (Å²) in [7, 11) is 1.60. The first-order chi connectivity index (χ1) is 9.41. The third kappa shape index (κ3) is 2.43. The lowest BCUT2D eigenvalue weighted by atomic mass is 10.1. The number of hydrogen-bond donors (Lipinski definition) is 1. The predicted octanol–water partition coefficient (Wildman–Crippen LogP) is 1.59. The largest absolute Gasteiger partial charge is 0.389 e. The van der Waals surface area contributed by atoms with E-state index < -0.39 is 4.92 Å². The molecule has 0 aliphatic heterocycles. The van der Waals surface area contributed by atoms with Crippen molar-refractivity contribution in [3.05, 3.63) is 62.4 Å². The minimum absolute atomic E-state index is 0.00138. The molecule has 20 heavy (non-hydrogen) atoms. The molecule has 6 nitrogen and oxygen atoms in total. The summed E-state index contributed by atoms with van der Waals surface area (Å²) in [6.45, 7) is 0. The highest BCUT2D eigenvalue weighted by Crippen LogP contribution is 2.21. The minimum atomic E-state index is -0.473. The lowest BCUT2D eigenvalue weighted by Gasteiger charge is -2.09. The van der Waals surface area contributed by atoms with E-state index in [0.717, 1.165) is 0 Å². The standard InChI is InChI=1S/C13H11N3O3S/c1-15-11(7-6-10(12(14)20)13(15)17)8-2-4-9(5-3-8)16(18)19/h2-7H,1H3,(H2,14,20). The van der Waals surface area contributed by atoms with E-state index in [9.17, 15) is 14.9 Å². The number of nitrogens with zero attached hydrogens (tertiary/aromatic N) is 2. The number of nitro groups is 1. The molecular formula is C13H11N3O3S. The molecule has 0 saturated carbocycles. The summed E-state index contributed by atoms with van der Waals surface area (Å²) in [5.74, 6) is 0. The van der Waals surface area contributed by atoms with Gasteiger partial charge < -0.3 is 10.3 Å². The number of aromatic nitrogens is 1. The zero-order valence-electron chi connectivity index (χ0n) is 10.6. The van der Waals surface area contributed by atoms with Crippen molar-refractivity contribution in [2.45, 2.75) is 0 Å². The smallest absolute Gasteiger partial charge is 0.269 e. The number of benzene rings is 1. The van der Waals surface area contributed by atoms with Crippen LogP contribution in [0.4, 0.5) is 5.69 Å². The van der Waals surface area contributed by atoms with Crippen LogP contribution in [0.5, 0.6) is 0 Å². The van der Waals surface area contributed by atoms with Crippen molar-refractivity contribution in [3.8, 4) is 11.3 Å². The second-order valence-electron chi connectivity index (χ2n) is 4.16. The van der Waals surface area contributed by atoms with Crippen LogP contribution >= 0.6 is 12.2 Å².